The summed E-state index contributed by atoms with van der Waals surface area (Å²) in [6.45, 7) is -1.29. The van der Waals surface area contributed by atoms with Crippen molar-refractivity contribution in [2.75, 3.05) is 12.4 Å². The molecule has 2 amide bonds. The zero-order valence-corrected chi connectivity index (χ0v) is 13.6. The maximum absolute atomic E-state index is 12.3. The van der Waals surface area contributed by atoms with Crippen LogP contribution in [0.25, 0.3) is 0 Å². The number of anilines is 1. The molecule has 8 heteroatoms. The number of carbonyl (C=O) groups excluding carboxylic acids is 1. The molecule has 0 aliphatic rings. The van der Waals surface area contributed by atoms with Crippen LogP contribution in [0.3, 0.4) is 0 Å². The molecule has 0 aliphatic heterocycles. The summed E-state index contributed by atoms with van der Waals surface area (Å²) in [5, 5.41) is 6.58. The van der Waals surface area contributed by atoms with Gasteiger partial charge in [0.25, 0.3) is 0 Å². The average Bonchev–Trinajstić information content (AvgIpc) is 2.60. The number of hydrogen-bond acceptors (Lipinski definition) is 4. The Balaban J connectivity index is 2.04. The van der Waals surface area contributed by atoms with Crippen LogP contribution in [-0.2, 0) is 0 Å². The minimum Gasteiger partial charge on any atom is -0.493 e. The number of rotatable bonds is 6. The van der Waals surface area contributed by atoms with Gasteiger partial charge in [0.05, 0.1) is 12.8 Å². The third kappa shape index (κ3) is 5.45. The standard InChI is InChI=1S/C17H17F2N3O3/c1-11(21-22-17(23)20-13-6-4-3-5-7-13)12-8-9-14(25-16(18)19)15(10-12)24-2/h3-10,16H,1-2H3,(H2,20,22,23)/b21-11-. The van der Waals surface area contributed by atoms with Gasteiger partial charge in [0.15, 0.2) is 11.5 Å². The average molecular weight is 349 g/mol. The molecule has 25 heavy (non-hydrogen) atoms. The highest BCUT2D eigenvalue weighted by Crippen LogP contribution is 2.29. The number of amides is 2. The number of nitrogens with zero attached hydrogens (tertiary/aromatic N) is 1. The largest absolute Gasteiger partial charge is 0.493 e. The van der Waals surface area contributed by atoms with Crippen LogP contribution < -0.4 is 20.2 Å². The molecule has 0 heterocycles. The molecule has 0 radical (unpaired) electrons. The lowest BCUT2D eigenvalue weighted by Crippen LogP contribution is -2.25. The Kier molecular flexibility index (Phi) is 6.27. The molecular formula is C17H17F2N3O3. The van der Waals surface area contributed by atoms with E-state index in [-0.39, 0.29) is 11.5 Å². The van der Waals surface area contributed by atoms with Crippen LogP contribution in [0, 0.1) is 0 Å². The lowest BCUT2D eigenvalue weighted by molar-refractivity contribution is -0.0512. The van der Waals surface area contributed by atoms with Crippen molar-refractivity contribution >= 4 is 17.4 Å². The van der Waals surface area contributed by atoms with Crippen LogP contribution in [0.4, 0.5) is 19.3 Å². The number of hydrazone groups is 1. The SMILES string of the molecule is COc1cc(/C(C)=N\NC(=O)Nc2ccccc2)ccc1OC(F)F. The molecule has 0 atom stereocenters. The van der Waals surface area contributed by atoms with Gasteiger partial charge in [-0.2, -0.15) is 13.9 Å². The van der Waals surface area contributed by atoms with Gasteiger partial charge in [-0.1, -0.05) is 18.2 Å². The molecule has 6 nitrogen and oxygen atoms in total. The summed E-state index contributed by atoms with van der Waals surface area (Å²) in [5.41, 5.74) is 4.03. The van der Waals surface area contributed by atoms with Gasteiger partial charge in [-0.05, 0) is 37.3 Å². The molecule has 2 rings (SSSR count). The fourth-order valence-electron chi connectivity index (χ4n) is 1.97. The number of methoxy groups -OCH3 is 1. The molecule has 2 aromatic carbocycles. The van der Waals surface area contributed by atoms with Gasteiger partial charge < -0.3 is 14.8 Å². The van der Waals surface area contributed by atoms with Crippen molar-refractivity contribution in [1.29, 1.82) is 0 Å². The maximum Gasteiger partial charge on any atom is 0.387 e. The molecule has 132 valence electrons. The molecule has 0 fully saturated rings. The van der Waals surface area contributed by atoms with Crippen LogP contribution in [0.15, 0.2) is 53.6 Å². The second-order valence-electron chi connectivity index (χ2n) is 4.87. The van der Waals surface area contributed by atoms with E-state index < -0.39 is 12.6 Å². The lowest BCUT2D eigenvalue weighted by atomic mass is 10.1. The van der Waals surface area contributed by atoms with Gasteiger partial charge in [0, 0.05) is 11.3 Å². The summed E-state index contributed by atoms with van der Waals surface area (Å²) in [5.74, 6) is 0.0601. The van der Waals surface area contributed by atoms with Crippen molar-refractivity contribution in [3.05, 3.63) is 54.1 Å². The topological polar surface area (TPSA) is 72.0 Å². The summed E-state index contributed by atoms with van der Waals surface area (Å²) in [6, 6.07) is 12.8. The second-order valence-corrected chi connectivity index (χ2v) is 4.87. The highest BCUT2D eigenvalue weighted by atomic mass is 19.3. The first-order valence-electron chi connectivity index (χ1n) is 7.29. The zero-order chi connectivity index (χ0) is 18.2. The quantitative estimate of drug-likeness (QED) is 0.615. The zero-order valence-electron chi connectivity index (χ0n) is 13.6. The Morgan fingerprint density at radius 3 is 2.48 bits per heavy atom. The summed E-state index contributed by atoms with van der Waals surface area (Å²) < 4.78 is 34.0. The third-order valence-corrected chi connectivity index (χ3v) is 3.15. The first-order chi connectivity index (χ1) is 12.0. The number of nitrogens with one attached hydrogen (secondary N) is 2. The molecule has 0 saturated heterocycles. The number of urea groups is 1. The van der Waals surface area contributed by atoms with E-state index in [1.807, 2.05) is 6.07 Å². The first-order valence-corrected chi connectivity index (χ1v) is 7.29. The Hall–Kier alpha value is -3.16. The Morgan fingerprint density at radius 1 is 1.12 bits per heavy atom. The predicted octanol–water partition coefficient (Wildman–Crippen LogP) is 3.84. The van der Waals surface area contributed by atoms with E-state index in [4.69, 9.17) is 4.74 Å². The molecule has 0 aliphatic carbocycles. The molecule has 0 saturated carbocycles. The van der Waals surface area contributed by atoms with Gasteiger partial charge in [-0.25, -0.2) is 10.2 Å². The molecule has 0 aromatic heterocycles. The summed E-state index contributed by atoms with van der Waals surface area (Å²) in [7, 11) is 1.34. The first kappa shape index (κ1) is 18.2. The fraction of sp³-hybridized carbons (Fsp3) is 0.176. The number of alkyl halides is 2. The number of para-hydroxylation sites is 1. The van der Waals surface area contributed by atoms with Crippen LogP contribution in [0.2, 0.25) is 0 Å². The Labute approximate surface area is 143 Å². The normalized spacial score (nSPS) is 11.2. The van der Waals surface area contributed by atoms with Gasteiger partial charge in [-0.15, -0.1) is 0 Å². The van der Waals surface area contributed by atoms with Gasteiger partial charge in [0.1, 0.15) is 0 Å². The fourth-order valence-corrected chi connectivity index (χ4v) is 1.97. The Bertz CT molecular complexity index is 752. The van der Waals surface area contributed by atoms with Crippen molar-refractivity contribution in [3.63, 3.8) is 0 Å². The molecule has 0 bridgehead atoms. The van der Waals surface area contributed by atoms with Crippen molar-refractivity contribution in [1.82, 2.24) is 5.43 Å². The second kappa shape index (κ2) is 8.62. The van der Waals surface area contributed by atoms with Crippen LogP contribution in [0.5, 0.6) is 11.5 Å². The minimum atomic E-state index is -2.95. The van der Waals surface area contributed by atoms with Crippen molar-refractivity contribution in [3.8, 4) is 11.5 Å². The van der Waals surface area contributed by atoms with Gasteiger partial charge >= 0.3 is 12.6 Å². The van der Waals surface area contributed by atoms with E-state index in [9.17, 15) is 13.6 Å². The van der Waals surface area contributed by atoms with E-state index in [2.05, 4.69) is 20.6 Å². The number of halogens is 2. The molecule has 2 aromatic rings. The smallest absolute Gasteiger partial charge is 0.387 e. The molecule has 2 N–H and O–H groups in total. The number of carbonyl (C=O) groups is 1. The van der Waals surface area contributed by atoms with E-state index in [1.54, 1.807) is 31.2 Å². The molecular weight excluding hydrogens is 332 g/mol. The van der Waals surface area contributed by atoms with E-state index in [0.717, 1.165) is 0 Å². The summed E-state index contributed by atoms with van der Waals surface area (Å²) >= 11 is 0. The summed E-state index contributed by atoms with van der Waals surface area (Å²) in [6.07, 6.45) is 0. The molecule has 0 spiro atoms. The van der Waals surface area contributed by atoms with E-state index in [1.165, 1.54) is 25.3 Å². The lowest BCUT2D eigenvalue weighted by Gasteiger charge is -2.11. The summed E-state index contributed by atoms with van der Waals surface area (Å²) in [4.78, 5) is 11.8. The van der Waals surface area contributed by atoms with Crippen LogP contribution >= 0.6 is 0 Å². The number of hydrogen-bond donors (Lipinski definition) is 2. The Morgan fingerprint density at radius 2 is 1.84 bits per heavy atom. The maximum atomic E-state index is 12.3. The van der Waals surface area contributed by atoms with E-state index in [0.29, 0.717) is 17.0 Å². The highest BCUT2D eigenvalue weighted by Gasteiger charge is 2.12. The van der Waals surface area contributed by atoms with Crippen molar-refractivity contribution in [2.45, 2.75) is 13.5 Å². The number of benzene rings is 2. The monoisotopic (exact) mass is 349 g/mol. The number of ether oxygens (including phenoxy) is 2. The molecule has 0 unspecified atom stereocenters. The minimum absolute atomic E-state index is 0.0798. The van der Waals surface area contributed by atoms with Crippen molar-refractivity contribution in [2.24, 2.45) is 5.10 Å². The predicted molar refractivity (Wildman–Crippen MR) is 90.4 cm³/mol. The van der Waals surface area contributed by atoms with Crippen LogP contribution in [0.1, 0.15) is 12.5 Å². The third-order valence-electron chi connectivity index (χ3n) is 3.15. The van der Waals surface area contributed by atoms with Gasteiger partial charge in [0.2, 0.25) is 0 Å². The van der Waals surface area contributed by atoms with Crippen molar-refractivity contribution < 1.29 is 23.0 Å². The van der Waals surface area contributed by atoms with Gasteiger partial charge in [-0.3, -0.25) is 0 Å². The van der Waals surface area contributed by atoms with Crippen LogP contribution in [-0.4, -0.2) is 25.5 Å². The highest BCUT2D eigenvalue weighted by molar-refractivity contribution is 6.00. The van der Waals surface area contributed by atoms with E-state index >= 15 is 0 Å².